The quantitative estimate of drug-likeness (QED) is 0.607. The number of ether oxygens (including phenoxy) is 1. The topological polar surface area (TPSA) is 58.7 Å². The lowest BCUT2D eigenvalue weighted by molar-refractivity contribution is 0.0542. The Hall–Kier alpha value is -0.160. The van der Waals surface area contributed by atoms with Crippen molar-refractivity contribution in [1.29, 1.82) is 0 Å². The molecule has 1 heterocycles. The van der Waals surface area contributed by atoms with E-state index in [1.54, 1.807) is 0 Å². The first kappa shape index (κ1) is 11.9. The molecule has 3 N–H and O–H groups in total. The van der Waals surface area contributed by atoms with E-state index < -0.39 is 0 Å². The lowest BCUT2D eigenvalue weighted by Gasteiger charge is -2.36. The highest BCUT2D eigenvalue weighted by Crippen LogP contribution is 2.14. The smallest absolute Gasteiger partial charge is 0.0698 e. The third-order valence-corrected chi connectivity index (χ3v) is 2.81. The normalized spacial score (nSPS) is 29.4. The lowest BCUT2D eigenvalue weighted by Crippen LogP contribution is -2.46. The van der Waals surface area contributed by atoms with Crippen LogP contribution in [-0.4, -0.2) is 55.0 Å². The van der Waals surface area contributed by atoms with Crippen LogP contribution in [0.2, 0.25) is 0 Å². The van der Waals surface area contributed by atoms with Crippen molar-refractivity contribution < 1.29 is 9.84 Å². The van der Waals surface area contributed by atoms with Crippen molar-refractivity contribution >= 4 is 0 Å². The minimum atomic E-state index is 0.112. The highest BCUT2D eigenvalue weighted by molar-refractivity contribution is 4.80. The molecule has 4 nitrogen and oxygen atoms in total. The van der Waals surface area contributed by atoms with Gasteiger partial charge >= 0.3 is 0 Å². The van der Waals surface area contributed by atoms with Gasteiger partial charge in [0.2, 0.25) is 0 Å². The van der Waals surface area contributed by atoms with Crippen LogP contribution in [0.5, 0.6) is 0 Å². The molecule has 1 aliphatic heterocycles. The molecule has 1 aliphatic rings. The first-order valence-corrected chi connectivity index (χ1v) is 5.42. The van der Waals surface area contributed by atoms with E-state index in [4.69, 9.17) is 15.6 Å². The van der Waals surface area contributed by atoms with E-state index in [1.165, 1.54) is 0 Å². The summed E-state index contributed by atoms with van der Waals surface area (Å²) in [4.78, 5) is 2.40. The number of rotatable bonds is 5. The maximum Gasteiger partial charge on any atom is 0.0698 e. The van der Waals surface area contributed by atoms with Crippen LogP contribution in [0.25, 0.3) is 0 Å². The summed E-state index contributed by atoms with van der Waals surface area (Å²) in [6, 6.07) is 0.941. The molecule has 1 rings (SSSR count). The van der Waals surface area contributed by atoms with Gasteiger partial charge in [-0.05, 0) is 26.3 Å². The Bertz CT molecular complexity index is 155. The number of hydrogen-bond acceptors (Lipinski definition) is 4. The number of aliphatic hydroxyl groups excluding tert-OH is 1. The van der Waals surface area contributed by atoms with E-state index >= 15 is 0 Å². The monoisotopic (exact) mass is 202 g/mol. The molecule has 0 aliphatic carbocycles. The molecule has 0 radical (unpaired) electrons. The van der Waals surface area contributed by atoms with Crippen molar-refractivity contribution in [3.05, 3.63) is 0 Å². The van der Waals surface area contributed by atoms with Gasteiger partial charge in [-0.25, -0.2) is 0 Å². The van der Waals surface area contributed by atoms with Crippen molar-refractivity contribution in [1.82, 2.24) is 4.90 Å². The average molecular weight is 202 g/mol. The van der Waals surface area contributed by atoms with Crippen molar-refractivity contribution in [2.45, 2.75) is 31.8 Å². The molecule has 14 heavy (non-hydrogen) atoms. The molecule has 0 aromatic rings. The third-order valence-electron chi connectivity index (χ3n) is 2.81. The van der Waals surface area contributed by atoms with E-state index in [2.05, 4.69) is 11.8 Å². The Morgan fingerprint density at radius 2 is 2.29 bits per heavy atom. The van der Waals surface area contributed by atoms with E-state index in [9.17, 15) is 0 Å². The fourth-order valence-electron chi connectivity index (χ4n) is 1.94. The predicted molar refractivity (Wildman–Crippen MR) is 56.1 cm³/mol. The summed E-state index contributed by atoms with van der Waals surface area (Å²) in [5.74, 6) is 0. The van der Waals surface area contributed by atoms with Crippen LogP contribution in [0.15, 0.2) is 0 Å². The second-order valence-electron chi connectivity index (χ2n) is 4.01. The van der Waals surface area contributed by atoms with Crippen molar-refractivity contribution in [2.75, 3.05) is 32.9 Å². The molecule has 2 atom stereocenters. The first-order chi connectivity index (χ1) is 6.74. The van der Waals surface area contributed by atoms with Crippen LogP contribution in [0, 0.1) is 0 Å². The van der Waals surface area contributed by atoms with E-state index in [0.29, 0.717) is 25.3 Å². The second kappa shape index (κ2) is 6.35. The number of likely N-dealkylation sites (tertiary alicyclic amines) is 1. The molecule has 2 unspecified atom stereocenters. The highest BCUT2D eigenvalue weighted by Gasteiger charge is 2.22. The predicted octanol–water partition coefficient (Wildman–Crippen LogP) is -0.193. The van der Waals surface area contributed by atoms with Gasteiger partial charge in [0.05, 0.1) is 19.8 Å². The van der Waals surface area contributed by atoms with Crippen molar-refractivity contribution in [3.8, 4) is 0 Å². The van der Waals surface area contributed by atoms with Gasteiger partial charge in [-0.2, -0.15) is 0 Å². The van der Waals surface area contributed by atoms with Gasteiger partial charge in [0, 0.05) is 18.6 Å². The van der Waals surface area contributed by atoms with Crippen LogP contribution in [0.4, 0.5) is 0 Å². The van der Waals surface area contributed by atoms with E-state index in [0.717, 1.165) is 25.9 Å². The van der Waals surface area contributed by atoms with Crippen LogP contribution >= 0.6 is 0 Å². The van der Waals surface area contributed by atoms with Crippen LogP contribution < -0.4 is 5.73 Å². The fourth-order valence-corrected chi connectivity index (χ4v) is 1.94. The molecule has 1 fully saturated rings. The van der Waals surface area contributed by atoms with Gasteiger partial charge in [0.15, 0.2) is 0 Å². The highest BCUT2D eigenvalue weighted by atomic mass is 16.5. The summed E-state index contributed by atoms with van der Waals surface area (Å²) in [5.41, 5.74) is 5.87. The molecule has 0 bridgehead atoms. The van der Waals surface area contributed by atoms with Gasteiger partial charge in [-0.1, -0.05) is 0 Å². The Balaban J connectivity index is 2.11. The standard InChI is InChI=1S/C10H22N2O2/c1-9-8-10(11)2-3-12(9)4-6-14-7-5-13/h9-10,13H,2-8,11H2,1H3. The zero-order valence-electron chi connectivity index (χ0n) is 8.98. The van der Waals surface area contributed by atoms with Crippen LogP contribution in [0.1, 0.15) is 19.8 Å². The molecule has 84 valence electrons. The largest absolute Gasteiger partial charge is 0.394 e. The average Bonchev–Trinajstić information content (AvgIpc) is 2.15. The zero-order chi connectivity index (χ0) is 10.4. The van der Waals surface area contributed by atoms with Crippen molar-refractivity contribution in [2.24, 2.45) is 5.73 Å². The minimum Gasteiger partial charge on any atom is -0.394 e. The maximum atomic E-state index is 8.53. The number of nitrogens with two attached hydrogens (primary N) is 1. The van der Waals surface area contributed by atoms with Gasteiger partial charge < -0.3 is 15.6 Å². The van der Waals surface area contributed by atoms with Gasteiger partial charge in [-0.15, -0.1) is 0 Å². The fraction of sp³-hybridized carbons (Fsp3) is 1.00. The molecule has 0 saturated carbocycles. The minimum absolute atomic E-state index is 0.112. The Labute approximate surface area is 86.0 Å². The molecule has 0 spiro atoms. The number of hydrogen-bond donors (Lipinski definition) is 2. The number of piperidine rings is 1. The molecule has 0 amide bonds. The molecule has 0 aromatic carbocycles. The Morgan fingerprint density at radius 3 is 2.93 bits per heavy atom. The summed E-state index contributed by atoms with van der Waals surface area (Å²) in [5, 5.41) is 8.53. The molecule has 4 heteroatoms. The van der Waals surface area contributed by atoms with E-state index in [1.807, 2.05) is 0 Å². The van der Waals surface area contributed by atoms with E-state index in [-0.39, 0.29) is 6.61 Å². The lowest BCUT2D eigenvalue weighted by atomic mass is 9.99. The summed E-state index contributed by atoms with van der Waals surface area (Å²) in [6.07, 6.45) is 2.17. The van der Waals surface area contributed by atoms with Crippen LogP contribution in [-0.2, 0) is 4.74 Å². The Morgan fingerprint density at radius 1 is 1.50 bits per heavy atom. The summed E-state index contributed by atoms with van der Waals surface area (Å²) >= 11 is 0. The number of nitrogens with zero attached hydrogens (tertiary/aromatic N) is 1. The Kier molecular flexibility index (Phi) is 5.40. The first-order valence-electron chi connectivity index (χ1n) is 5.42. The molecule has 0 aromatic heterocycles. The molecule has 1 saturated heterocycles. The summed E-state index contributed by atoms with van der Waals surface area (Å²) in [6.45, 7) is 5.51. The van der Waals surface area contributed by atoms with Gasteiger partial charge in [-0.3, -0.25) is 4.90 Å². The zero-order valence-corrected chi connectivity index (χ0v) is 8.98. The summed E-state index contributed by atoms with van der Waals surface area (Å²) in [7, 11) is 0. The third kappa shape index (κ3) is 3.92. The SMILES string of the molecule is CC1CC(N)CCN1CCOCCO. The summed E-state index contributed by atoms with van der Waals surface area (Å²) < 4.78 is 5.24. The maximum absolute atomic E-state index is 8.53. The van der Waals surface area contributed by atoms with Crippen LogP contribution in [0.3, 0.4) is 0 Å². The molecular formula is C10H22N2O2. The van der Waals surface area contributed by atoms with Gasteiger partial charge in [0.1, 0.15) is 0 Å². The number of aliphatic hydroxyl groups is 1. The molecular weight excluding hydrogens is 180 g/mol. The van der Waals surface area contributed by atoms with Gasteiger partial charge in [0.25, 0.3) is 0 Å². The van der Waals surface area contributed by atoms with Crippen molar-refractivity contribution in [3.63, 3.8) is 0 Å². The second-order valence-corrected chi connectivity index (χ2v) is 4.01.